The molecule has 0 radical (unpaired) electrons. The lowest BCUT2D eigenvalue weighted by molar-refractivity contribution is -0.123. The SMILES string of the molecule is CC(=O)CSc1ccccc1C(=O)O[C@H](C)C(=O)Nc1cc(C)on1. The number of esters is 1. The van der Waals surface area contributed by atoms with Crippen molar-refractivity contribution in [1.29, 1.82) is 0 Å². The summed E-state index contributed by atoms with van der Waals surface area (Å²) >= 11 is 1.25. The Labute approximate surface area is 149 Å². The minimum absolute atomic E-state index is 0.00354. The summed E-state index contributed by atoms with van der Waals surface area (Å²) in [5, 5.41) is 6.15. The molecule has 2 aromatic rings. The fourth-order valence-electron chi connectivity index (χ4n) is 1.87. The van der Waals surface area contributed by atoms with E-state index in [4.69, 9.17) is 9.26 Å². The van der Waals surface area contributed by atoms with Gasteiger partial charge in [-0.25, -0.2) is 4.79 Å². The third-order valence-electron chi connectivity index (χ3n) is 3.07. The van der Waals surface area contributed by atoms with Gasteiger partial charge in [-0.15, -0.1) is 11.8 Å². The van der Waals surface area contributed by atoms with Crippen molar-refractivity contribution in [3.8, 4) is 0 Å². The van der Waals surface area contributed by atoms with Crippen LogP contribution in [0.2, 0.25) is 0 Å². The molecule has 0 saturated carbocycles. The first-order chi connectivity index (χ1) is 11.9. The van der Waals surface area contributed by atoms with E-state index < -0.39 is 18.0 Å². The van der Waals surface area contributed by atoms with Crippen LogP contribution in [0.25, 0.3) is 0 Å². The molecule has 0 spiro atoms. The van der Waals surface area contributed by atoms with E-state index in [1.165, 1.54) is 25.6 Å². The van der Waals surface area contributed by atoms with Crippen molar-refractivity contribution in [2.45, 2.75) is 31.8 Å². The van der Waals surface area contributed by atoms with Crippen LogP contribution >= 0.6 is 11.8 Å². The van der Waals surface area contributed by atoms with Crippen molar-refractivity contribution >= 4 is 35.2 Å². The Morgan fingerprint density at radius 1 is 1.32 bits per heavy atom. The van der Waals surface area contributed by atoms with Crippen LogP contribution in [0.4, 0.5) is 5.82 Å². The monoisotopic (exact) mass is 362 g/mol. The quantitative estimate of drug-likeness (QED) is 0.597. The summed E-state index contributed by atoms with van der Waals surface area (Å²) < 4.78 is 10.1. The summed E-state index contributed by atoms with van der Waals surface area (Å²) in [6.45, 7) is 4.64. The van der Waals surface area contributed by atoms with Crippen LogP contribution in [-0.2, 0) is 14.3 Å². The van der Waals surface area contributed by atoms with Gasteiger partial charge in [0.1, 0.15) is 11.5 Å². The summed E-state index contributed by atoms with van der Waals surface area (Å²) in [6.07, 6.45) is -1.02. The number of aryl methyl sites for hydroxylation is 1. The standard InChI is InChI=1S/C17H18N2O5S/c1-10(20)9-25-14-7-5-4-6-13(14)17(22)23-12(3)16(21)18-15-8-11(2)24-19-15/h4-8,12H,9H2,1-3H3,(H,18,19,21)/t12-/m1/s1. The van der Waals surface area contributed by atoms with E-state index in [1.54, 1.807) is 37.3 Å². The summed E-state index contributed by atoms with van der Waals surface area (Å²) in [7, 11) is 0. The van der Waals surface area contributed by atoms with Crippen molar-refractivity contribution in [2.75, 3.05) is 11.1 Å². The van der Waals surface area contributed by atoms with Crippen molar-refractivity contribution in [3.63, 3.8) is 0 Å². The lowest BCUT2D eigenvalue weighted by Crippen LogP contribution is -2.30. The number of carbonyl (C=O) groups excluding carboxylic acids is 3. The Bertz CT molecular complexity index is 787. The molecule has 1 aromatic carbocycles. The Morgan fingerprint density at radius 2 is 2.04 bits per heavy atom. The summed E-state index contributed by atoms with van der Waals surface area (Å²) in [5.41, 5.74) is 0.311. The minimum atomic E-state index is -1.02. The molecule has 25 heavy (non-hydrogen) atoms. The second-order valence-electron chi connectivity index (χ2n) is 5.35. The van der Waals surface area contributed by atoms with Gasteiger partial charge in [0.25, 0.3) is 5.91 Å². The maximum Gasteiger partial charge on any atom is 0.340 e. The number of aromatic nitrogens is 1. The molecule has 0 aliphatic heterocycles. The topological polar surface area (TPSA) is 98.5 Å². The molecule has 0 bridgehead atoms. The van der Waals surface area contributed by atoms with Crippen molar-refractivity contribution in [3.05, 3.63) is 41.7 Å². The molecule has 1 heterocycles. The highest BCUT2D eigenvalue weighted by Gasteiger charge is 2.21. The first kappa shape index (κ1) is 18.7. The molecule has 0 unspecified atom stereocenters. The molecule has 1 aromatic heterocycles. The lowest BCUT2D eigenvalue weighted by Gasteiger charge is -2.14. The van der Waals surface area contributed by atoms with E-state index in [1.807, 2.05) is 0 Å². The predicted molar refractivity (Wildman–Crippen MR) is 92.6 cm³/mol. The molecular weight excluding hydrogens is 344 g/mol. The van der Waals surface area contributed by atoms with Crippen molar-refractivity contribution in [1.82, 2.24) is 5.16 Å². The smallest absolute Gasteiger partial charge is 0.340 e. The molecule has 7 nitrogen and oxygen atoms in total. The normalized spacial score (nSPS) is 11.6. The van der Waals surface area contributed by atoms with Gasteiger partial charge in [0.15, 0.2) is 11.9 Å². The van der Waals surface area contributed by atoms with Crippen molar-refractivity contribution in [2.24, 2.45) is 0 Å². The number of benzene rings is 1. The van der Waals surface area contributed by atoms with E-state index in [0.717, 1.165) is 0 Å². The number of rotatable bonds is 7. The van der Waals surface area contributed by atoms with E-state index >= 15 is 0 Å². The van der Waals surface area contributed by atoms with Crippen LogP contribution in [0.3, 0.4) is 0 Å². The van der Waals surface area contributed by atoms with E-state index in [0.29, 0.717) is 16.2 Å². The minimum Gasteiger partial charge on any atom is -0.449 e. The van der Waals surface area contributed by atoms with E-state index in [9.17, 15) is 14.4 Å². The summed E-state index contributed by atoms with van der Waals surface area (Å²) in [4.78, 5) is 36.2. The van der Waals surface area contributed by atoms with E-state index in [-0.39, 0.29) is 17.4 Å². The molecule has 2 rings (SSSR count). The van der Waals surface area contributed by atoms with Gasteiger partial charge in [0.2, 0.25) is 0 Å². The molecule has 1 atom stereocenters. The average Bonchev–Trinajstić information content (AvgIpc) is 2.97. The number of ketones is 1. The molecule has 0 aliphatic carbocycles. The maximum atomic E-state index is 12.3. The Morgan fingerprint density at radius 3 is 2.68 bits per heavy atom. The van der Waals surface area contributed by atoms with Crippen LogP contribution in [0.5, 0.6) is 0 Å². The van der Waals surface area contributed by atoms with Gasteiger partial charge in [-0.05, 0) is 32.9 Å². The number of nitrogens with one attached hydrogen (secondary N) is 1. The van der Waals surface area contributed by atoms with Gasteiger partial charge in [0, 0.05) is 11.0 Å². The van der Waals surface area contributed by atoms with Crippen LogP contribution < -0.4 is 5.32 Å². The summed E-state index contributed by atoms with van der Waals surface area (Å²) in [6, 6.07) is 8.34. The lowest BCUT2D eigenvalue weighted by atomic mass is 10.2. The van der Waals surface area contributed by atoms with Crippen LogP contribution in [-0.4, -0.2) is 34.7 Å². The third-order valence-corrected chi connectivity index (χ3v) is 4.29. The van der Waals surface area contributed by atoms with Gasteiger partial charge < -0.3 is 14.6 Å². The molecule has 1 N–H and O–H groups in total. The molecule has 0 saturated heterocycles. The van der Waals surface area contributed by atoms with Crippen LogP contribution in [0.1, 0.15) is 30.0 Å². The van der Waals surface area contributed by atoms with Crippen LogP contribution in [0.15, 0.2) is 39.8 Å². The molecule has 132 valence electrons. The highest BCUT2D eigenvalue weighted by atomic mass is 32.2. The number of Topliss-reactive ketones (excluding diaryl/α,β-unsaturated/α-hetero) is 1. The molecular formula is C17H18N2O5S. The number of carbonyl (C=O) groups is 3. The largest absolute Gasteiger partial charge is 0.449 e. The second-order valence-corrected chi connectivity index (χ2v) is 6.36. The number of hydrogen-bond acceptors (Lipinski definition) is 7. The molecule has 0 aliphatic rings. The first-order valence-corrected chi connectivity index (χ1v) is 8.52. The zero-order valence-electron chi connectivity index (χ0n) is 14.1. The second kappa shape index (κ2) is 8.48. The molecule has 1 amide bonds. The first-order valence-electron chi connectivity index (χ1n) is 7.53. The summed E-state index contributed by atoms with van der Waals surface area (Å²) in [5.74, 6) is -0.0876. The van der Waals surface area contributed by atoms with Crippen LogP contribution in [0, 0.1) is 6.92 Å². The number of hydrogen-bond donors (Lipinski definition) is 1. The fraction of sp³-hybridized carbons (Fsp3) is 0.294. The molecule has 0 fully saturated rings. The number of anilines is 1. The number of nitrogens with zero attached hydrogens (tertiary/aromatic N) is 1. The predicted octanol–water partition coefficient (Wildman–Crippen LogP) is 2.85. The van der Waals surface area contributed by atoms with Crippen molar-refractivity contribution < 1.29 is 23.6 Å². The number of ether oxygens (including phenoxy) is 1. The van der Waals surface area contributed by atoms with Gasteiger partial charge in [-0.2, -0.15) is 0 Å². The highest BCUT2D eigenvalue weighted by Crippen LogP contribution is 2.23. The number of amides is 1. The van der Waals surface area contributed by atoms with Gasteiger partial charge in [-0.1, -0.05) is 17.3 Å². The zero-order valence-corrected chi connectivity index (χ0v) is 14.9. The number of thioether (sulfide) groups is 1. The third kappa shape index (κ3) is 5.46. The maximum absolute atomic E-state index is 12.3. The highest BCUT2D eigenvalue weighted by molar-refractivity contribution is 8.00. The average molecular weight is 362 g/mol. The Hall–Kier alpha value is -2.61. The van der Waals surface area contributed by atoms with Gasteiger partial charge >= 0.3 is 5.97 Å². The Balaban J connectivity index is 2.01. The Kier molecular flexibility index (Phi) is 6.35. The van der Waals surface area contributed by atoms with Gasteiger partial charge in [-0.3, -0.25) is 9.59 Å². The zero-order chi connectivity index (χ0) is 18.4. The van der Waals surface area contributed by atoms with E-state index in [2.05, 4.69) is 10.5 Å². The van der Waals surface area contributed by atoms with Gasteiger partial charge in [0.05, 0.1) is 11.3 Å². The molecule has 8 heteroatoms. The fourth-order valence-corrected chi connectivity index (χ4v) is 2.71.